The molecule has 0 amide bonds. The summed E-state index contributed by atoms with van der Waals surface area (Å²) in [5, 5.41) is 3.77. The van der Waals surface area contributed by atoms with Gasteiger partial charge in [-0.05, 0) is 42.5 Å². The summed E-state index contributed by atoms with van der Waals surface area (Å²) < 4.78 is 18.5. The van der Waals surface area contributed by atoms with Gasteiger partial charge >= 0.3 is 0 Å². The Morgan fingerprint density at radius 3 is 3.00 bits per heavy atom. The third kappa shape index (κ3) is 4.26. The summed E-state index contributed by atoms with van der Waals surface area (Å²) in [4.78, 5) is 0. The van der Waals surface area contributed by atoms with E-state index in [4.69, 9.17) is 16.3 Å². The Hall–Kier alpha value is -0.640. The molecule has 2 nitrogen and oxygen atoms in total. The van der Waals surface area contributed by atoms with E-state index in [9.17, 15) is 4.39 Å². The van der Waals surface area contributed by atoms with E-state index in [1.165, 1.54) is 18.6 Å². The average molecular weight is 258 g/mol. The molecule has 17 heavy (non-hydrogen) atoms. The van der Waals surface area contributed by atoms with E-state index in [-0.39, 0.29) is 5.82 Å². The molecule has 0 aromatic heterocycles. The largest absolute Gasteiger partial charge is 0.381 e. The van der Waals surface area contributed by atoms with Gasteiger partial charge in [-0.15, -0.1) is 0 Å². The highest BCUT2D eigenvalue weighted by atomic mass is 35.5. The Kier molecular flexibility index (Phi) is 4.77. The van der Waals surface area contributed by atoms with Gasteiger partial charge in [0.1, 0.15) is 5.82 Å². The molecule has 1 saturated heterocycles. The first-order chi connectivity index (χ1) is 8.24. The molecule has 1 aromatic rings. The molecule has 4 heteroatoms. The van der Waals surface area contributed by atoms with Gasteiger partial charge in [0.05, 0.1) is 6.61 Å². The zero-order chi connectivity index (χ0) is 12.1. The highest BCUT2D eigenvalue weighted by Gasteiger charge is 2.13. The molecule has 0 spiro atoms. The standard InChI is InChI=1S/C13H17ClFNO/c14-12-4-11(5-13(15)6-12)8-16-7-10-2-1-3-17-9-10/h4-6,10,16H,1-3,7-9H2. The van der Waals surface area contributed by atoms with E-state index in [0.717, 1.165) is 31.7 Å². The molecule has 1 aromatic carbocycles. The van der Waals surface area contributed by atoms with E-state index in [1.807, 2.05) is 0 Å². The Labute approximate surface area is 106 Å². The lowest BCUT2D eigenvalue weighted by Gasteiger charge is -2.22. The van der Waals surface area contributed by atoms with Gasteiger partial charge in [0, 0.05) is 24.7 Å². The predicted octanol–water partition coefficient (Wildman–Crippen LogP) is 3.00. The maximum absolute atomic E-state index is 13.1. The van der Waals surface area contributed by atoms with Crippen LogP contribution in [-0.4, -0.2) is 19.8 Å². The Morgan fingerprint density at radius 2 is 2.29 bits per heavy atom. The number of rotatable bonds is 4. The summed E-state index contributed by atoms with van der Waals surface area (Å²) in [6.45, 7) is 3.27. The predicted molar refractivity (Wildman–Crippen MR) is 66.7 cm³/mol. The van der Waals surface area contributed by atoms with Gasteiger partial charge in [-0.25, -0.2) is 4.39 Å². The van der Waals surface area contributed by atoms with Crippen LogP contribution < -0.4 is 5.32 Å². The molecule has 0 radical (unpaired) electrons. The highest BCUT2D eigenvalue weighted by Crippen LogP contribution is 2.15. The third-order valence-corrected chi connectivity index (χ3v) is 3.16. The van der Waals surface area contributed by atoms with Crippen molar-refractivity contribution in [2.24, 2.45) is 5.92 Å². The SMILES string of the molecule is Fc1cc(Cl)cc(CNCC2CCCOC2)c1. The van der Waals surface area contributed by atoms with Crippen molar-refractivity contribution >= 4 is 11.6 Å². The zero-order valence-corrected chi connectivity index (χ0v) is 10.5. The van der Waals surface area contributed by atoms with E-state index >= 15 is 0 Å². The lowest BCUT2D eigenvalue weighted by atomic mass is 10.0. The minimum Gasteiger partial charge on any atom is -0.381 e. The second-order valence-electron chi connectivity index (χ2n) is 4.49. The number of hydrogen-bond acceptors (Lipinski definition) is 2. The van der Waals surface area contributed by atoms with Gasteiger partial charge in [-0.1, -0.05) is 11.6 Å². The first kappa shape index (κ1) is 12.8. The van der Waals surface area contributed by atoms with Gasteiger partial charge in [-0.3, -0.25) is 0 Å². The molecular weight excluding hydrogens is 241 g/mol. The molecule has 94 valence electrons. The quantitative estimate of drug-likeness (QED) is 0.895. The zero-order valence-electron chi connectivity index (χ0n) is 9.72. The highest BCUT2D eigenvalue weighted by molar-refractivity contribution is 6.30. The summed E-state index contributed by atoms with van der Waals surface area (Å²) in [6.07, 6.45) is 2.34. The molecule has 0 bridgehead atoms. The van der Waals surface area contributed by atoms with E-state index in [0.29, 0.717) is 17.5 Å². The smallest absolute Gasteiger partial charge is 0.125 e. The van der Waals surface area contributed by atoms with Crippen LogP contribution in [0.4, 0.5) is 4.39 Å². The van der Waals surface area contributed by atoms with Crippen molar-refractivity contribution in [1.29, 1.82) is 0 Å². The minimum absolute atomic E-state index is 0.282. The number of nitrogens with one attached hydrogen (secondary N) is 1. The van der Waals surface area contributed by atoms with Gasteiger partial charge in [0.2, 0.25) is 0 Å². The summed E-state index contributed by atoms with van der Waals surface area (Å²) in [7, 11) is 0. The molecule has 0 aliphatic carbocycles. The monoisotopic (exact) mass is 257 g/mol. The third-order valence-electron chi connectivity index (χ3n) is 2.94. The van der Waals surface area contributed by atoms with Gasteiger partial charge in [-0.2, -0.15) is 0 Å². The first-order valence-electron chi connectivity index (χ1n) is 5.97. The fourth-order valence-corrected chi connectivity index (χ4v) is 2.35. The van der Waals surface area contributed by atoms with Crippen molar-refractivity contribution in [2.75, 3.05) is 19.8 Å². The van der Waals surface area contributed by atoms with E-state index in [1.54, 1.807) is 6.07 Å². The number of hydrogen-bond donors (Lipinski definition) is 1. The maximum Gasteiger partial charge on any atom is 0.125 e. The average Bonchev–Trinajstić information content (AvgIpc) is 2.29. The molecule has 1 heterocycles. The van der Waals surface area contributed by atoms with Crippen LogP contribution in [0.3, 0.4) is 0 Å². The van der Waals surface area contributed by atoms with Crippen LogP contribution in [0.2, 0.25) is 5.02 Å². The summed E-state index contributed by atoms with van der Waals surface area (Å²) >= 11 is 5.79. The topological polar surface area (TPSA) is 21.3 Å². The molecule has 1 atom stereocenters. The summed E-state index contributed by atoms with van der Waals surface area (Å²) in [6, 6.07) is 4.62. The van der Waals surface area contributed by atoms with Gasteiger partial charge in [0.15, 0.2) is 0 Å². The van der Waals surface area contributed by atoms with Crippen LogP contribution in [0, 0.1) is 11.7 Å². The van der Waals surface area contributed by atoms with Crippen LogP contribution in [-0.2, 0) is 11.3 Å². The van der Waals surface area contributed by atoms with Gasteiger partial charge in [0.25, 0.3) is 0 Å². The van der Waals surface area contributed by atoms with Crippen molar-refractivity contribution in [2.45, 2.75) is 19.4 Å². The van der Waals surface area contributed by atoms with Crippen LogP contribution >= 0.6 is 11.6 Å². The normalized spacial score (nSPS) is 20.5. The molecule has 1 aliphatic heterocycles. The van der Waals surface area contributed by atoms with Crippen molar-refractivity contribution in [3.05, 3.63) is 34.6 Å². The molecule has 1 fully saturated rings. The molecule has 0 saturated carbocycles. The van der Waals surface area contributed by atoms with Crippen molar-refractivity contribution in [3.63, 3.8) is 0 Å². The Balaban J connectivity index is 1.77. The van der Waals surface area contributed by atoms with Crippen LogP contribution in [0.15, 0.2) is 18.2 Å². The fraction of sp³-hybridized carbons (Fsp3) is 0.538. The second-order valence-corrected chi connectivity index (χ2v) is 4.93. The number of halogens is 2. The van der Waals surface area contributed by atoms with Crippen molar-refractivity contribution in [3.8, 4) is 0 Å². The fourth-order valence-electron chi connectivity index (χ4n) is 2.10. The lowest BCUT2D eigenvalue weighted by Crippen LogP contribution is -2.28. The molecule has 1 unspecified atom stereocenters. The number of benzene rings is 1. The summed E-state index contributed by atoms with van der Waals surface area (Å²) in [5.41, 5.74) is 0.881. The number of ether oxygens (including phenoxy) is 1. The summed E-state index contributed by atoms with van der Waals surface area (Å²) in [5.74, 6) is 0.295. The van der Waals surface area contributed by atoms with Crippen LogP contribution in [0.1, 0.15) is 18.4 Å². The Morgan fingerprint density at radius 1 is 1.41 bits per heavy atom. The van der Waals surface area contributed by atoms with E-state index in [2.05, 4.69) is 5.32 Å². The Bertz CT molecular complexity index is 346. The second kappa shape index (κ2) is 6.34. The van der Waals surface area contributed by atoms with Crippen LogP contribution in [0.5, 0.6) is 0 Å². The van der Waals surface area contributed by atoms with Gasteiger partial charge < -0.3 is 10.1 Å². The van der Waals surface area contributed by atoms with Crippen LogP contribution in [0.25, 0.3) is 0 Å². The first-order valence-corrected chi connectivity index (χ1v) is 6.35. The van der Waals surface area contributed by atoms with Crippen molar-refractivity contribution < 1.29 is 9.13 Å². The lowest BCUT2D eigenvalue weighted by molar-refractivity contribution is 0.0547. The van der Waals surface area contributed by atoms with E-state index < -0.39 is 0 Å². The molecular formula is C13H17ClFNO. The maximum atomic E-state index is 13.1. The molecule has 1 N–H and O–H groups in total. The molecule has 1 aliphatic rings. The van der Waals surface area contributed by atoms with Crippen molar-refractivity contribution in [1.82, 2.24) is 5.32 Å². The minimum atomic E-state index is -0.282. The molecule has 2 rings (SSSR count).